The fourth-order valence-corrected chi connectivity index (χ4v) is 2.26. The Hall–Kier alpha value is -2.63. The van der Waals surface area contributed by atoms with Gasteiger partial charge in [-0.1, -0.05) is 39.0 Å². The molecule has 0 aliphatic carbocycles. The molecule has 0 saturated heterocycles. The molecular weight excluding hydrogens is 302 g/mol. The maximum atomic E-state index is 11.6. The summed E-state index contributed by atoms with van der Waals surface area (Å²) in [6.45, 7) is 10.3. The zero-order chi connectivity index (χ0) is 17.7. The summed E-state index contributed by atoms with van der Waals surface area (Å²) in [7, 11) is 0. The second kappa shape index (κ2) is 7.29. The molecule has 0 fully saturated rings. The quantitative estimate of drug-likeness (QED) is 0.791. The second-order valence-electron chi connectivity index (χ2n) is 6.98. The first kappa shape index (κ1) is 17.7. The van der Waals surface area contributed by atoms with E-state index in [0.717, 1.165) is 5.69 Å². The van der Waals surface area contributed by atoms with Crippen molar-refractivity contribution in [3.8, 4) is 0 Å². The van der Waals surface area contributed by atoms with Crippen LogP contribution < -0.4 is 16.0 Å². The van der Waals surface area contributed by atoms with Gasteiger partial charge in [-0.05, 0) is 43.0 Å². The molecule has 128 valence electrons. The van der Waals surface area contributed by atoms with E-state index in [0.29, 0.717) is 11.6 Å². The van der Waals surface area contributed by atoms with Gasteiger partial charge < -0.3 is 10.6 Å². The fraction of sp³-hybridized carbons (Fsp3) is 0.389. The van der Waals surface area contributed by atoms with E-state index in [9.17, 15) is 4.79 Å². The lowest BCUT2D eigenvalue weighted by Crippen LogP contribution is -2.34. The third kappa shape index (κ3) is 4.94. The highest BCUT2D eigenvalue weighted by Crippen LogP contribution is 2.30. The number of carbonyl (C=O) groups excluding carboxylic acids is 1. The fourth-order valence-electron chi connectivity index (χ4n) is 2.26. The van der Waals surface area contributed by atoms with Gasteiger partial charge in [-0.2, -0.15) is 0 Å². The van der Waals surface area contributed by atoms with E-state index in [2.05, 4.69) is 53.0 Å². The van der Waals surface area contributed by atoms with E-state index in [1.807, 2.05) is 32.0 Å². The smallest absolute Gasteiger partial charge is 0.320 e. The summed E-state index contributed by atoms with van der Waals surface area (Å²) >= 11 is 0. The monoisotopic (exact) mass is 327 g/mol. The highest BCUT2D eigenvalue weighted by atomic mass is 16.2. The second-order valence-corrected chi connectivity index (χ2v) is 6.98. The highest BCUT2D eigenvalue weighted by molar-refractivity contribution is 5.88. The van der Waals surface area contributed by atoms with E-state index >= 15 is 0 Å². The van der Waals surface area contributed by atoms with Crippen molar-refractivity contribution in [1.29, 1.82) is 0 Å². The summed E-state index contributed by atoms with van der Waals surface area (Å²) in [5.74, 6) is 1.03. The Morgan fingerprint density at radius 1 is 1.00 bits per heavy atom. The summed E-state index contributed by atoms with van der Waals surface area (Å²) < 4.78 is 0. The van der Waals surface area contributed by atoms with Crippen LogP contribution in [0, 0.1) is 0 Å². The van der Waals surface area contributed by atoms with Gasteiger partial charge in [0.05, 0.1) is 0 Å². The van der Waals surface area contributed by atoms with Crippen molar-refractivity contribution in [2.24, 2.45) is 0 Å². The SMILES string of the molecule is CC(C)NC(=O)Nc1ccc(Nc2ccccc2C(C)(C)C)nn1. The summed E-state index contributed by atoms with van der Waals surface area (Å²) in [5.41, 5.74) is 2.22. The first-order valence-electron chi connectivity index (χ1n) is 8.03. The number of anilines is 3. The molecule has 1 heterocycles. The molecule has 0 saturated carbocycles. The predicted octanol–water partition coefficient (Wildman–Crippen LogP) is 4.05. The largest absolute Gasteiger partial charge is 0.338 e. The van der Waals surface area contributed by atoms with Gasteiger partial charge in [0.25, 0.3) is 0 Å². The highest BCUT2D eigenvalue weighted by Gasteiger charge is 2.17. The Bertz CT molecular complexity index is 689. The Morgan fingerprint density at radius 2 is 1.62 bits per heavy atom. The van der Waals surface area contributed by atoms with E-state index in [4.69, 9.17) is 0 Å². The van der Waals surface area contributed by atoms with E-state index in [1.165, 1.54) is 5.56 Å². The first-order valence-corrected chi connectivity index (χ1v) is 8.03. The molecule has 0 spiro atoms. The number of carbonyl (C=O) groups is 1. The summed E-state index contributed by atoms with van der Waals surface area (Å²) in [4.78, 5) is 11.6. The molecule has 0 bridgehead atoms. The molecule has 2 aromatic rings. The molecule has 0 radical (unpaired) electrons. The lowest BCUT2D eigenvalue weighted by molar-refractivity contribution is 0.250. The Kier molecular flexibility index (Phi) is 5.39. The predicted molar refractivity (Wildman–Crippen MR) is 97.7 cm³/mol. The van der Waals surface area contributed by atoms with E-state index in [-0.39, 0.29) is 17.5 Å². The van der Waals surface area contributed by atoms with Crippen LogP contribution >= 0.6 is 0 Å². The molecule has 2 rings (SSSR count). The summed E-state index contributed by atoms with van der Waals surface area (Å²) in [6.07, 6.45) is 0. The molecular formula is C18H25N5O. The first-order chi connectivity index (χ1) is 11.3. The van der Waals surface area contributed by atoms with Crippen molar-refractivity contribution in [1.82, 2.24) is 15.5 Å². The zero-order valence-corrected chi connectivity index (χ0v) is 14.8. The van der Waals surface area contributed by atoms with Gasteiger partial charge in [0.2, 0.25) is 0 Å². The Balaban J connectivity index is 2.09. The van der Waals surface area contributed by atoms with Gasteiger partial charge in [-0.15, -0.1) is 10.2 Å². The van der Waals surface area contributed by atoms with Crippen LogP contribution in [0.4, 0.5) is 22.1 Å². The van der Waals surface area contributed by atoms with Crippen molar-refractivity contribution in [2.45, 2.75) is 46.1 Å². The van der Waals surface area contributed by atoms with Crippen molar-refractivity contribution in [3.05, 3.63) is 42.0 Å². The van der Waals surface area contributed by atoms with E-state index in [1.54, 1.807) is 12.1 Å². The number of amides is 2. The third-order valence-corrected chi connectivity index (χ3v) is 3.32. The third-order valence-electron chi connectivity index (χ3n) is 3.32. The standard InChI is InChI=1S/C18H25N5O/c1-12(2)19-17(24)21-16-11-10-15(22-23-16)20-14-9-7-6-8-13(14)18(3,4)5/h6-12H,1-5H3,(H,20,22)(H2,19,21,23,24). The molecule has 3 N–H and O–H groups in total. The van der Waals surface area contributed by atoms with Crippen LogP contribution in [0.1, 0.15) is 40.2 Å². The van der Waals surface area contributed by atoms with Crippen LogP contribution in [0.3, 0.4) is 0 Å². The molecule has 6 heteroatoms. The average molecular weight is 327 g/mol. The normalized spacial score (nSPS) is 11.2. The van der Waals surface area contributed by atoms with Gasteiger partial charge in [0, 0.05) is 11.7 Å². The molecule has 0 aliphatic heterocycles. The number of rotatable bonds is 4. The maximum absolute atomic E-state index is 11.6. The minimum atomic E-state index is -0.293. The lowest BCUT2D eigenvalue weighted by Gasteiger charge is -2.23. The lowest BCUT2D eigenvalue weighted by atomic mass is 9.86. The van der Waals surface area contributed by atoms with Crippen molar-refractivity contribution >= 4 is 23.4 Å². The minimum absolute atomic E-state index is 0.0213. The number of nitrogens with one attached hydrogen (secondary N) is 3. The Labute approximate surface area is 143 Å². The number of hydrogen-bond acceptors (Lipinski definition) is 4. The van der Waals surface area contributed by atoms with Crippen LogP contribution in [-0.2, 0) is 5.41 Å². The van der Waals surface area contributed by atoms with Crippen LogP contribution in [0.2, 0.25) is 0 Å². The number of hydrogen-bond donors (Lipinski definition) is 3. The molecule has 0 unspecified atom stereocenters. The van der Waals surface area contributed by atoms with Crippen molar-refractivity contribution in [3.63, 3.8) is 0 Å². The molecule has 1 aromatic carbocycles. The molecule has 24 heavy (non-hydrogen) atoms. The number of benzene rings is 1. The van der Waals surface area contributed by atoms with Gasteiger partial charge in [0.1, 0.15) is 0 Å². The van der Waals surface area contributed by atoms with Crippen LogP contribution in [0.15, 0.2) is 36.4 Å². The van der Waals surface area contributed by atoms with Crippen molar-refractivity contribution in [2.75, 3.05) is 10.6 Å². The maximum Gasteiger partial charge on any atom is 0.320 e. The average Bonchev–Trinajstić information content (AvgIpc) is 2.48. The number of aromatic nitrogens is 2. The van der Waals surface area contributed by atoms with Gasteiger partial charge in [-0.25, -0.2) is 4.79 Å². The minimum Gasteiger partial charge on any atom is -0.338 e. The van der Waals surface area contributed by atoms with Crippen LogP contribution in [-0.4, -0.2) is 22.3 Å². The van der Waals surface area contributed by atoms with Gasteiger partial charge >= 0.3 is 6.03 Å². The zero-order valence-electron chi connectivity index (χ0n) is 14.8. The van der Waals surface area contributed by atoms with Crippen LogP contribution in [0.5, 0.6) is 0 Å². The van der Waals surface area contributed by atoms with Crippen molar-refractivity contribution < 1.29 is 4.79 Å². The number of nitrogens with zero attached hydrogens (tertiary/aromatic N) is 2. The van der Waals surface area contributed by atoms with Crippen LogP contribution in [0.25, 0.3) is 0 Å². The molecule has 0 aliphatic rings. The van der Waals surface area contributed by atoms with E-state index < -0.39 is 0 Å². The summed E-state index contributed by atoms with van der Waals surface area (Å²) in [5, 5.41) is 16.8. The molecule has 6 nitrogen and oxygen atoms in total. The summed E-state index contributed by atoms with van der Waals surface area (Å²) in [6, 6.07) is 11.4. The molecule has 2 amide bonds. The number of urea groups is 1. The molecule has 0 atom stereocenters. The Morgan fingerprint density at radius 3 is 2.21 bits per heavy atom. The number of para-hydroxylation sites is 1. The molecule has 1 aromatic heterocycles. The van der Waals surface area contributed by atoms with Gasteiger partial charge in [0.15, 0.2) is 11.6 Å². The topological polar surface area (TPSA) is 78.9 Å². The van der Waals surface area contributed by atoms with Gasteiger partial charge in [-0.3, -0.25) is 5.32 Å².